The normalized spacial score (nSPS) is 14.0. The number of carbonyl (C=O) groups is 1. The molecule has 3 aromatic carbocycles. The van der Waals surface area contributed by atoms with Crippen molar-refractivity contribution in [3.63, 3.8) is 0 Å². The summed E-state index contributed by atoms with van der Waals surface area (Å²) in [6, 6.07) is 23.4. The molecule has 0 aliphatic carbocycles. The smallest absolute Gasteiger partial charge is 0.271 e. The molecule has 4 rings (SSSR count). The number of rotatable bonds is 7. The fraction of sp³-hybridized carbons (Fsp3) is 0.200. The summed E-state index contributed by atoms with van der Waals surface area (Å²) in [6.07, 6.45) is 1.64. The summed E-state index contributed by atoms with van der Waals surface area (Å²) in [5, 5.41) is 4.38. The first-order valence-corrected chi connectivity index (χ1v) is 12.1. The van der Waals surface area contributed by atoms with Crippen LogP contribution < -0.4 is 10.2 Å². The van der Waals surface area contributed by atoms with Gasteiger partial charge in [-0.1, -0.05) is 60.7 Å². The highest BCUT2D eigenvalue weighted by molar-refractivity contribution is 7.89. The Morgan fingerprint density at radius 1 is 0.879 bits per heavy atom. The third kappa shape index (κ3) is 4.97. The molecule has 3 aromatic rings. The molecule has 1 aliphatic rings. The van der Waals surface area contributed by atoms with Crippen LogP contribution in [0.15, 0.2) is 88.9 Å². The van der Waals surface area contributed by atoms with Crippen LogP contribution in [-0.4, -0.2) is 44.5 Å². The van der Waals surface area contributed by atoms with E-state index in [-0.39, 0.29) is 16.2 Å². The predicted molar refractivity (Wildman–Crippen MR) is 127 cm³/mol. The SMILES string of the molecule is COc1ccc(C(=O)NN=C(c2ccccc2)c2ccccc2)cc1S(=O)(=O)N1CCCC1. The zero-order valence-corrected chi connectivity index (χ0v) is 19.1. The summed E-state index contributed by atoms with van der Waals surface area (Å²) >= 11 is 0. The van der Waals surface area contributed by atoms with Crippen LogP contribution in [0.1, 0.15) is 34.3 Å². The minimum atomic E-state index is -3.76. The van der Waals surface area contributed by atoms with E-state index in [1.54, 1.807) is 0 Å². The largest absolute Gasteiger partial charge is 0.495 e. The number of nitrogens with one attached hydrogen (secondary N) is 1. The van der Waals surface area contributed by atoms with Gasteiger partial charge in [-0.2, -0.15) is 9.41 Å². The van der Waals surface area contributed by atoms with Gasteiger partial charge in [0.15, 0.2) is 0 Å². The number of carbonyl (C=O) groups excluding carboxylic acids is 1. The van der Waals surface area contributed by atoms with Crippen LogP contribution in [0.2, 0.25) is 0 Å². The molecule has 0 spiro atoms. The van der Waals surface area contributed by atoms with Crippen LogP contribution in [0.25, 0.3) is 0 Å². The fourth-order valence-electron chi connectivity index (χ4n) is 3.75. The van der Waals surface area contributed by atoms with E-state index in [1.807, 2.05) is 60.7 Å². The molecular weight excluding hydrogens is 438 g/mol. The van der Waals surface area contributed by atoms with Gasteiger partial charge in [0.2, 0.25) is 10.0 Å². The van der Waals surface area contributed by atoms with Gasteiger partial charge in [-0.3, -0.25) is 4.79 Å². The first-order valence-electron chi connectivity index (χ1n) is 10.7. The van der Waals surface area contributed by atoms with Crippen LogP contribution in [-0.2, 0) is 10.0 Å². The summed E-state index contributed by atoms with van der Waals surface area (Å²) in [7, 11) is -2.35. The number of benzene rings is 3. The Hall–Kier alpha value is -3.49. The molecule has 1 heterocycles. The lowest BCUT2D eigenvalue weighted by Gasteiger charge is -2.18. The number of sulfonamides is 1. The average molecular weight is 464 g/mol. The van der Waals surface area contributed by atoms with Crippen molar-refractivity contribution < 1.29 is 17.9 Å². The molecule has 8 heteroatoms. The van der Waals surface area contributed by atoms with Gasteiger partial charge >= 0.3 is 0 Å². The monoisotopic (exact) mass is 463 g/mol. The van der Waals surface area contributed by atoms with Crippen molar-refractivity contribution in [2.75, 3.05) is 20.2 Å². The molecule has 0 radical (unpaired) electrons. The van der Waals surface area contributed by atoms with Crippen molar-refractivity contribution in [3.05, 3.63) is 95.6 Å². The second-order valence-electron chi connectivity index (χ2n) is 7.61. The lowest BCUT2D eigenvalue weighted by Crippen LogP contribution is -2.28. The highest BCUT2D eigenvalue weighted by Crippen LogP contribution is 2.29. The Labute approximate surface area is 193 Å². The van der Waals surface area contributed by atoms with Gasteiger partial charge in [0.25, 0.3) is 5.91 Å². The van der Waals surface area contributed by atoms with Crippen molar-refractivity contribution in [1.82, 2.24) is 9.73 Å². The molecule has 1 N–H and O–H groups in total. The van der Waals surface area contributed by atoms with E-state index in [9.17, 15) is 13.2 Å². The van der Waals surface area contributed by atoms with Crippen molar-refractivity contribution in [2.24, 2.45) is 5.10 Å². The van der Waals surface area contributed by atoms with E-state index in [4.69, 9.17) is 4.74 Å². The van der Waals surface area contributed by atoms with Crippen LogP contribution in [0, 0.1) is 0 Å². The molecule has 7 nitrogen and oxygen atoms in total. The Kier molecular flexibility index (Phi) is 6.86. The number of hydrazone groups is 1. The Morgan fingerprint density at radius 2 is 1.45 bits per heavy atom. The molecule has 0 aromatic heterocycles. The van der Waals surface area contributed by atoms with E-state index in [2.05, 4.69) is 10.5 Å². The molecular formula is C25H25N3O4S. The van der Waals surface area contributed by atoms with E-state index in [0.29, 0.717) is 18.8 Å². The van der Waals surface area contributed by atoms with Crippen molar-refractivity contribution in [2.45, 2.75) is 17.7 Å². The molecule has 1 saturated heterocycles. The Balaban J connectivity index is 1.66. The first-order chi connectivity index (χ1) is 16.0. The zero-order valence-electron chi connectivity index (χ0n) is 18.3. The third-order valence-corrected chi connectivity index (χ3v) is 7.39. The maximum absolute atomic E-state index is 13.1. The van der Waals surface area contributed by atoms with Crippen molar-refractivity contribution in [1.29, 1.82) is 0 Å². The number of hydrogen-bond donors (Lipinski definition) is 1. The quantitative estimate of drug-likeness (QED) is 0.428. The molecule has 0 saturated carbocycles. The number of amides is 1. The minimum absolute atomic E-state index is 0.0186. The summed E-state index contributed by atoms with van der Waals surface area (Å²) in [5.74, 6) is -0.309. The standard InChI is InChI=1S/C25H25N3O4S/c1-32-22-15-14-21(18-23(22)33(30,31)28-16-8-9-17-28)25(29)27-26-24(19-10-4-2-5-11-19)20-12-6-3-7-13-20/h2-7,10-15,18H,8-9,16-17H2,1H3,(H,27,29). The van der Waals surface area contributed by atoms with E-state index < -0.39 is 15.9 Å². The van der Waals surface area contributed by atoms with Gasteiger partial charge in [0, 0.05) is 29.8 Å². The van der Waals surface area contributed by atoms with Gasteiger partial charge in [-0.25, -0.2) is 13.8 Å². The number of ether oxygens (including phenoxy) is 1. The van der Waals surface area contributed by atoms with Gasteiger partial charge in [0.05, 0.1) is 12.8 Å². The maximum Gasteiger partial charge on any atom is 0.271 e. The second-order valence-corrected chi connectivity index (χ2v) is 9.52. The van der Waals surface area contributed by atoms with Gasteiger partial charge in [-0.15, -0.1) is 0 Å². The van der Waals surface area contributed by atoms with Crippen molar-refractivity contribution in [3.8, 4) is 5.75 Å². The molecule has 0 bridgehead atoms. The molecule has 1 fully saturated rings. The second kappa shape index (κ2) is 9.97. The lowest BCUT2D eigenvalue weighted by molar-refractivity contribution is 0.0954. The number of methoxy groups -OCH3 is 1. The molecule has 1 amide bonds. The van der Waals surface area contributed by atoms with Crippen LogP contribution in [0.3, 0.4) is 0 Å². The summed E-state index contributed by atoms with van der Waals surface area (Å²) < 4.78 is 32.9. The van der Waals surface area contributed by atoms with Crippen molar-refractivity contribution >= 4 is 21.6 Å². The Morgan fingerprint density at radius 3 is 2.00 bits per heavy atom. The molecule has 170 valence electrons. The molecule has 1 aliphatic heterocycles. The van der Waals surface area contributed by atoms with Gasteiger partial charge < -0.3 is 4.74 Å². The predicted octanol–water partition coefficient (Wildman–Crippen LogP) is 3.66. The van der Waals surface area contributed by atoms with Crippen LogP contribution in [0.4, 0.5) is 0 Å². The molecule has 33 heavy (non-hydrogen) atoms. The number of hydrogen-bond acceptors (Lipinski definition) is 5. The molecule has 0 unspecified atom stereocenters. The Bertz CT molecular complexity index is 1210. The highest BCUT2D eigenvalue weighted by Gasteiger charge is 2.30. The van der Waals surface area contributed by atoms with E-state index in [1.165, 1.54) is 29.6 Å². The molecule has 0 atom stereocenters. The van der Waals surface area contributed by atoms with E-state index >= 15 is 0 Å². The lowest BCUT2D eigenvalue weighted by atomic mass is 10.0. The first kappa shape index (κ1) is 22.7. The highest BCUT2D eigenvalue weighted by atomic mass is 32.2. The minimum Gasteiger partial charge on any atom is -0.495 e. The van der Waals surface area contributed by atoms with Gasteiger partial charge in [-0.05, 0) is 31.0 Å². The fourth-order valence-corrected chi connectivity index (χ4v) is 5.44. The zero-order chi connectivity index (χ0) is 23.3. The van der Waals surface area contributed by atoms with Crippen LogP contribution >= 0.6 is 0 Å². The third-order valence-electron chi connectivity index (χ3n) is 5.47. The number of nitrogens with zero attached hydrogens (tertiary/aromatic N) is 2. The summed E-state index contributed by atoms with van der Waals surface area (Å²) in [4.78, 5) is 12.9. The topological polar surface area (TPSA) is 88.1 Å². The maximum atomic E-state index is 13.1. The average Bonchev–Trinajstić information content (AvgIpc) is 3.41. The van der Waals surface area contributed by atoms with E-state index in [0.717, 1.165) is 24.0 Å². The van der Waals surface area contributed by atoms with Gasteiger partial charge in [0.1, 0.15) is 10.6 Å². The summed E-state index contributed by atoms with van der Waals surface area (Å²) in [6.45, 7) is 0.924. The summed E-state index contributed by atoms with van der Waals surface area (Å²) in [5.41, 5.74) is 5.05. The van der Waals surface area contributed by atoms with Crippen LogP contribution in [0.5, 0.6) is 5.75 Å².